The van der Waals surface area contributed by atoms with Crippen LogP contribution in [0.5, 0.6) is 0 Å². The van der Waals surface area contributed by atoms with Gasteiger partial charge in [0.1, 0.15) is 11.9 Å². The highest BCUT2D eigenvalue weighted by atomic mass is 19.1. The van der Waals surface area contributed by atoms with Crippen molar-refractivity contribution in [2.75, 3.05) is 0 Å². The standard InChI is InChI=1S/C24H25FN2O3/c1-14-11-16(7-9-20(14)25)24-19-5-3-4-6-21(19)27(15(2)26)22(24)10-8-18-12-17(28)13-23(29)30-18/h3-11,15,17-18,28H,12-13,26H2,1-2H3/b10-8+. The number of aryl methyl sites for hydroxylation is 1. The third-order valence-electron chi connectivity index (χ3n) is 5.46. The quantitative estimate of drug-likeness (QED) is 0.631. The van der Waals surface area contributed by atoms with Crippen molar-refractivity contribution in [1.82, 2.24) is 4.57 Å². The number of para-hydroxylation sites is 1. The lowest BCUT2D eigenvalue weighted by molar-refractivity contribution is -0.156. The summed E-state index contributed by atoms with van der Waals surface area (Å²) in [6, 6.07) is 13.0. The number of nitrogens with zero attached hydrogens (tertiary/aromatic N) is 1. The van der Waals surface area contributed by atoms with Crippen LogP contribution < -0.4 is 5.73 Å². The van der Waals surface area contributed by atoms with Gasteiger partial charge < -0.3 is 20.1 Å². The third-order valence-corrected chi connectivity index (χ3v) is 5.46. The number of aliphatic hydroxyl groups is 1. The van der Waals surface area contributed by atoms with Crippen molar-refractivity contribution < 1.29 is 19.0 Å². The average Bonchev–Trinajstić information content (AvgIpc) is 3.02. The van der Waals surface area contributed by atoms with Gasteiger partial charge in [-0.25, -0.2) is 4.39 Å². The van der Waals surface area contributed by atoms with Gasteiger partial charge in [-0.2, -0.15) is 0 Å². The van der Waals surface area contributed by atoms with Crippen molar-refractivity contribution >= 4 is 22.9 Å². The Hall–Kier alpha value is -2.96. The molecule has 2 aromatic carbocycles. The zero-order valence-electron chi connectivity index (χ0n) is 17.0. The topological polar surface area (TPSA) is 77.5 Å². The van der Waals surface area contributed by atoms with Gasteiger partial charge >= 0.3 is 5.97 Å². The van der Waals surface area contributed by atoms with Gasteiger partial charge in [-0.05, 0) is 55.3 Å². The lowest BCUT2D eigenvalue weighted by atomic mass is 9.99. The number of hydrogen-bond acceptors (Lipinski definition) is 4. The summed E-state index contributed by atoms with van der Waals surface area (Å²) >= 11 is 0. The van der Waals surface area contributed by atoms with E-state index in [2.05, 4.69) is 0 Å². The molecule has 0 radical (unpaired) electrons. The molecule has 1 aliphatic heterocycles. The van der Waals surface area contributed by atoms with Crippen LogP contribution in [0.25, 0.3) is 28.1 Å². The first-order valence-electron chi connectivity index (χ1n) is 10.1. The Labute approximate surface area is 174 Å². The molecular weight excluding hydrogens is 383 g/mol. The lowest BCUT2D eigenvalue weighted by Crippen LogP contribution is -2.31. The number of carbonyl (C=O) groups is 1. The van der Waals surface area contributed by atoms with E-state index in [0.717, 1.165) is 27.7 Å². The molecule has 0 spiro atoms. The first kappa shape index (κ1) is 20.3. The SMILES string of the molecule is Cc1cc(-c2c(/C=C/C3CC(O)CC(=O)O3)n(C(C)N)c3ccccc23)ccc1F. The molecule has 156 valence electrons. The molecular formula is C24H25FN2O3. The van der Waals surface area contributed by atoms with Crippen LogP contribution in [0.1, 0.15) is 37.2 Å². The molecule has 3 unspecified atom stereocenters. The van der Waals surface area contributed by atoms with Crippen LogP contribution in [0.15, 0.2) is 48.5 Å². The predicted octanol–water partition coefficient (Wildman–Crippen LogP) is 4.31. The first-order valence-corrected chi connectivity index (χ1v) is 10.1. The van der Waals surface area contributed by atoms with Crippen LogP contribution in [0, 0.1) is 12.7 Å². The average molecular weight is 408 g/mol. The summed E-state index contributed by atoms with van der Waals surface area (Å²) in [7, 11) is 0. The van der Waals surface area contributed by atoms with E-state index in [9.17, 15) is 14.3 Å². The molecule has 3 N–H and O–H groups in total. The molecule has 2 heterocycles. The Morgan fingerprint density at radius 2 is 2.07 bits per heavy atom. The summed E-state index contributed by atoms with van der Waals surface area (Å²) in [4.78, 5) is 11.7. The van der Waals surface area contributed by atoms with E-state index in [0.29, 0.717) is 12.0 Å². The van der Waals surface area contributed by atoms with E-state index < -0.39 is 18.2 Å². The molecule has 3 atom stereocenters. The number of esters is 1. The molecule has 1 fully saturated rings. The third kappa shape index (κ3) is 3.76. The van der Waals surface area contributed by atoms with Gasteiger partial charge in [0.05, 0.1) is 29.9 Å². The van der Waals surface area contributed by atoms with Crippen molar-refractivity contribution in [2.24, 2.45) is 5.73 Å². The van der Waals surface area contributed by atoms with Crippen LogP contribution in [0.2, 0.25) is 0 Å². The minimum atomic E-state index is -0.709. The molecule has 0 amide bonds. The van der Waals surface area contributed by atoms with E-state index in [4.69, 9.17) is 10.5 Å². The number of fused-ring (bicyclic) bond motifs is 1. The van der Waals surface area contributed by atoms with Crippen molar-refractivity contribution in [3.63, 3.8) is 0 Å². The van der Waals surface area contributed by atoms with E-state index >= 15 is 0 Å². The normalized spacial score (nSPS) is 20.6. The van der Waals surface area contributed by atoms with E-state index in [1.807, 2.05) is 47.9 Å². The molecule has 0 saturated carbocycles. The second-order valence-electron chi connectivity index (χ2n) is 7.83. The summed E-state index contributed by atoms with van der Waals surface area (Å²) in [6.45, 7) is 3.63. The highest BCUT2D eigenvalue weighted by Crippen LogP contribution is 2.38. The van der Waals surface area contributed by atoms with Crippen molar-refractivity contribution in [2.45, 2.75) is 45.1 Å². The van der Waals surface area contributed by atoms with Crippen LogP contribution >= 0.6 is 0 Å². The van der Waals surface area contributed by atoms with Crippen LogP contribution in [-0.2, 0) is 9.53 Å². The maximum Gasteiger partial charge on any atom is 0.309 e. The number of ether oxygens (including phenoxy) is 1. The number of carbonyl (C=O) groups excluding carboxylic acids is 1. The number of aromatic nitrogens is 1. The first-order chi connectivity index (χ1) is 14.3. The van der Waals surface area contributed by atoms with Crippen molar-refractivity contribution in [1.29, 1.82) is 0 Å². The Morgan fingerprint density at radius 1 is 1.30 bits per heavy atom. The minimum absolute atomic E-state index is 0.0184. The summed E-state index contributed by atoms with van der Waals surface area (Å²) in [5, 5.41) is 10.9. The summed E-state index contributed by atoms with van der Waals surface area (Å²) < 4.78 is 21.3. The number of hydrogen-bond donors (Lipinski definition) is 2. The zero-order valence-corrected chi connectivity index (χ0v) is 17.0. The molecule has 1 aliphatic rings. The molecule has 1 saturated heterocycles. The summed E-state index contributed by atoms with van der Waals surface area (Å²) in [6.07, 6.45) is 2.50. The van der Waals surface area contributed by atoms with Crippen LogP contribution in [-0.4, -0.2) is 27.9 Å². The Balaban J connectivity index is 1.90. The largest absolute Gasteiger partial charge is 0.458 e. The number of benzene rings is 2. The maximum absolute atomic E-state index is 13.9. The molecule has 6 heteroatoms. The molecule has 0 aliphatic carbocycles. The number of halogens is 1. The second-order valence-corrected chi connectivity index (χ2v) is 7.83. The lowest BCUT2D eigenvalue weighted by Gasteiger charge is -2.23. The van der Waals surface area contributed by atoms with Gasteiger partial charge in [-0.3, -0.25) is 4.79 Å². The van der Waals surface area contributed by atoms with Crippen molar-refractivity contribution in [3.05, 3.63) is 65.6 Å². The van der Waals surface area contributed by atoms with Gasteiger partial charge in [-0.1, -0.05) is 24.3 Å². The molecule has 3 aromatic rings. The molecule has 30 heavy (non-hydrogen) atoms. The maximum atomic E-state index is 13.9. The summed E-state index contributed by atoms with van der Waals surface area (Å²) in [5.74, 6) is -0.666. The minimum Gasteiger partial charge on any atom is -0.458 e. The molecule has 4 rings (SSSR count). The monoisotopic (exact) mass is 408 g/mol. The molecule has 0 bridgehead atoms. The fourth-order valence-corrected chi connectivity index (χ4v) is 4.11. The Kier molecular flexibility index (Phi) is 5.45. The zero-order chi connectivity index (χ0) is 21.4. The van der Waals surface area contributed by atoms with Crippen LogP contribution in [0.3, 0.4) is 0 Å². The van der Waals surface area contributed by atoms with Gasteiger partial charge in [0, 0.05) is 17.4 Å². The van der Waals surface area contributed by atoms with E-state index in [1.54, 1.807) is 19.1 Å². The summed E-state index contributed by atoms with van der Waals surface area (Å²) in [5.41, 5.74) is 10.5. The fourth-order valence-electron chi connectivity index (χ4n) is 4.11. The fraction of sp³-hybridized carbons (Fsp3) is 0.292. The highest BCUT2D eigenvalue weighted by Gasteiger charge is 2.26. The second kappa shape index (κ2) is 8.05. The Bertz CT molecular complexity index is 1130. The van der Waals surface area contributed by atoms with E-state index in [1.165, 1.54) is 6.07 Å². The molecule has 5 nitrogen and oxygen atoms in total. The number of aliphatic hydroxyl groups excluding tert-OH is 1. The van der Waals surface area contributed by atoms with Crippen LogP contribution in [0.4, 0.5) is 4.39 Å². The smallest absolute Gasteiger partial charge is 0.309 e. The Morgan fingerprint density at radius 3 is 2.77 bits per heavy atom. The van der Waals surface area contributed by atoms with Gasteiger partial charge in [0.25, 0.3) is 0 Å². The predicted molar refractivity (Wildman–Crippen MR) is 115 cm³/mol. The number of cyclic esters (lactones) is 1. The van der Waals surface area contributed by atoms with Crippen molar-refractivity contribution in [3.8, 4) is 11.1 Å². The molecule has 1 aromatic heterocycles. The van der Waals surface area contributed by atoms with Gasteiger partial charge in [0.2, 0.25) is 0 Å². The van der Waals surface area contributed by atoms with Gasteiger partial charge in [0.15, 0.2) is 0 Å². The van der Waals surface area contributed by atoms with E-state index in [-0.39, 0.29) is 18.4 Å². The van der Waals surface area contributed by atoms with Gasteiger partial charge in [-0.15, -0.1) is 0 Å². The number of nitrogens with two attached hydrogens (primary N) is 1. The highest BCUT2D eigenvalue weighted by molar-refractivity contribution is 6.01. The number of rotatable bonds is 4.